The van der Waals surface area contributed by atoms with E-state index in [-0.39, 0.29) is 24.8 Å². The summed E-state index contributed by atoms with van der Waals surface area (Å²) in [7, 11) is 2.10. The van der Waals surface area contributed by atoms with Crippen molar-refractivity contribution in [3.8, 4) is 0 Å². The first kappa shape index (κ1) is 27.5. The van der Waals surface area contributed by atoms with E-state index in [4.69, 9.17) is 0 Å². The van der Waals surface area contributed by atoms with Gasteiger partial charge >= 0.3 is 0 Å². The van der Waals surface area contributed by atoms with E-state index in [1.807, 2.05) is 0 Å². The molecule has 35 heavy (non-hydrogen) atoms. The normalized spacial score (nSPS) is 19.9. The Morgan fingerprint density at radius 1 is 0.943 bits per heavy atom. The van der Waals surface area contributed by atoms with Gasteiger partial charge in [-0.05, 0) is 77.2 Å². The third-order valence-corrected chi connectivity index (χ3v) is 7.46. The van der Waals surface area contributed by atoms with E-state index in [1.54, 1.807) is 16.7 Å². The Labute approximate surface area is 209 Å². The summed E-state index contributed by atoms with van der Waals surface area (Å²) in [5.41, 5.74) is 0.869. The summed E-state index contributed by atoms with van der Waals surface area (Å²) >= 11 is 0. The van der Waals surface area contributed by atoms with Crippen LogP contribution in [0.2, 0.25) is 0 Å². The van der Waals surface area contributed by atoms with Crippen LogP contribution in [0.4, 0.5) is 14.5 Å². The molecule has 0 unspecified atom stereocenters. The van der Waals surface area contributed by atoms with E-state index in [9.17, 15) is 18.4 Å². The molecule has 6 nitrogen and oxygen atoms in total. The number of nitrogens with zero attached hydrogens (tertiary/aromatic N) is 4. The first-order valence-electron chi connectivity index (χ1n) is 13.2. The molecular weight excluding hydrogens is 450 g/mol. The van der Waals surface area contributed by atoms with Crippen LogP contribution in [-0.2, 0) is 16.1 Å². The van der Waals surface area contributed by atoms with Gasteiger partial charge in [-0.2, -0.15) is 0 Å². The lowest BCUT2D eigenvalue weighted by molar-refractivity contribution is -0.133. The van der Waals surface area contributed by atoms with Crippen LogP contribution in [0, 0.1) is 17.6 Å². The summed E-state index contributed by atoms with van der Waals surface area (Å²) in [6.07, 6.45) is 4.28. The average molecular weight is 493 g/mol. The summed E-state index contributed by atoms with van der Waals surface area (Å²) in [6, 6.07) is 2.64. The van der Waals surface area contributed by atoms with Crippen molar-refractivity contribution in [2.45, 2.75) is 71.9 Å². The number of amides is 2. The molecule has 2 heterocycles. The minimum absolute atomic E-state index is 0.0526. The molecule has 1 aromatic carbocycles. The van der Waals surface area contributed by atoms with E-state index in [0.717, 1.165) is 57.9 Å². The molecule has 2 amide bonds. The molecular formula is C27H42F2N4O2. The predicted molar refractivity (Wildman–Crippen MR) is 135 cm³/mol. The van der Waals surface area contributed by atoms with Crippen molar-refractivity contribution < 1.29 is 18.4 Å². The molecule has 1 fully saturated rings. The van der Waals surface area contributed by atoms with Gasteiger partial charge in [0, 0.05) is 57.7 Å². The fourth-order valence-corrected chi connectivity index (χ4v) is 5.19. The van der Waals surface area contributed by atoms with Crippen molar-refractivity contribution in [1.29, 1.82) is 0 Å². The lowest BCUT2D eigenvalue weighted by Crippen LogP contribution is -2.41. The van der Waals surface area contributed by atoms with Crippen LogP contribution < -0.4 is 4.90 Å². The molecule has 196 valence electrons. The molecule has 0 saturated carbocycles. The Bertz CT molecular complexity index is 871. The minimum Gasteiger partial charge on any atom is -0.338 e. The summed E-state index contributed by atoms with van der Waals surface area (Å²) in [4.78, 5) is 34.4. The number of benzene rings is 1. The molecule has 0 N–H and O–H groups in total. The molecule has 0 aromatic heterocycles. The SMILES string of the molecule is CCC(=O)N1CCCN(C(C)C)CCCN(C(=O)CC2CCN(C)CC2)Cc2cc(F)c(F)cc21. The highest BCUT2D eigenvalue weighted by Gasteiger charge is 2.27. The summed E-state index contributed by atoms with van der Waals surface area (Å²) in [5.74, 6) is -1.66. The van der Waals surface area contributed by atoms with Gasteiger partial charge in [-0.1, -0.05) is 6.92 Å². The minimum atomic E-state index is -0.974. The molecule has 2 aliphatic heterocycles. The Kier molecular flexibility index (Phi) is 10.0. The van der Waals surface area contributed by atoms with Crippen molar-refractivity contribution >= 4 is 17.5 Å². The Hall–Kier alpha value is -2.06. The fourth-order valence-electron chi connectivity index (χ4n) is 5.19. The second kappa shape index (κ2) is 12.8. The van der Waals surface area contributed by atoms with Crippen molar-refractivity contribution in [2.75, 3.05) is 51.2 Å². The second-order valence-corrected chi connectivity index (χ2v) is 10.4. The molecule has 1 saturated heterocycles. The van der Waals surface area contributed by atoms with Crippen LogP contribution in [0.15, 0.2) is 12.1 Å². The van der Waals surface area contributed by atoms with E-state index >= 15 is 0 Å². The number of halogens is 2. The number of piperidine rings is 1. The third kappa shape index (κ3) is 7.46. The maximum Gasteiger partial charge on any atom is 0.226 e. The zero-order valence-corrected chi connectivity index (χ0v) is 21.9. The third-order valence-electron chi connectivity index (χ3n) is 7.46. The van der Waals surface area contributed by atoms with Gasteiger partial charge in [0.05, 0.1) is 5.69 Å². The van der Waals surface area contributed by atoms with Gasteiger partial charge in [-0.25, -0.2) is 8.78 Å². The molecule has 0 bridgehead atoms. The van der Waals surface area contributed by atoms with Gasteiger partial charge in [0.15, 0.2) is 11.6 Å². The molecule has 8 heteroatoms. The lowest BCUT2D eigenvalue weighted by atomic mass is 9.93. The average Bonchev–Trinajstić information content (AvgIpc) is 2.82. The molecule has 0 atom stereocenters. The highest BCUT2D eigenvalue weighted by atomic mass is 19.2. The number of carbonyl (C=O) groups excluding carboxylic acids is 2. The largest absolute Gasteiger partial charge is 0.338 e. The molecule has 0 spiro atoms. The molecule has 3 rings (SSSR count). The van der Waals surface area contributed by atoms with E-state index < -0.39 is 11.6 Å². The topological polar surface area (TPSA) is 47.1 Å². The van der Waals surface area contributed by atoms with Crippen LogP contribution in [-0.4, -0.2) is 78.9 Å². The first-order chi connectivity index (χ1) is 16.7. The summed E-state index contributed by atoms with van der Waals surface area (Å²) < 4.78 is 28.7. The maximum absolute atomic E-state index is 14.4. The Balaban J connectivity index is 1.92. The summed E-state index contributed by atoms with van der Waals surface area (Å²) in [6.45, 7) is 10.9. The smallest absolute Gasteiger partial charge is 0.226 e. The van der Waals surface area contributed by atoms with Gasteiger partial charge in [-0.15, -0.1) is 0 Å². The van der Waals surface area contributed by atoms with Gasteiger partial charge in [0.1, 0.15) is 0 Å². The lowest BCUT2D eigenvalue weighted by Gasteiger charge is -2.34. The van der Waals surface area contributed by atoms with Crippen LogP contribution >= 0.6 is 0 Å². The van der Waals surface area contributed by atoms with Gasteiger partial charge < -0.3 is 19.6 Å². The summed E-state index contributed by atoms with van der Waals surface area (Å²) in [5, 5.41) is 0. The number of hydrogen-bond donors (Lipinski definition) is 0. The monoisotopic (exact) mass is 492 g/mol. The highest BCUT2D eigenvalue weighted by Crippen LogP contribution is 2.28. The number of fused-ring (bicyclic) bond motifs is 1. The maximum atomic E-state index is 14.4. The quantitative estimate of drug-likeness (QED) is 0.630. The predicted octanol–water partition coefficient (Wildman–Crippen LogP) is 4.27. The molecule has 1 aromatic rings. The van der Waals surface area contributed by atoms with Crippen molar-refractivity contribution in [3.05, 3.63) is 29.3 Å². The van der Waals surface area contributed by atoms with Crippen molar-refractivity contribution in [1.82, 2.24) is 14.7 Å². The number of hydrogen-bond acceptors (Lipinski definition) is 4. The van der Waals surface area contributed by atoms with Gasteiger partial charge in [-0.3, -0.25) is 9.59 Å². The number of carbonyl (C=O) groups is 2. The van der Waals surface area contributed by atoms with Crippen molar-refractivity contribution in [2.24, 2.45) is 5.92 Å². The van der Waals surface area contributed by atoms with E-state index in [0.29, 0.717) is 42.7 Å². The zero-order chi connectivity index (χ0) is 25.5. The van der Waals surface area contributed by atoms with Gasteiger partial charge in [0.2, 0.25) is 11.8 Å². The molecule has 0 radical (unpaired) electrons. The van der Waals surface area contributed by atoms with Crippen LogP contribution in [0.1, 0.15) is 64.9 Å². The van der Waals surface area contributed by atoms with Crippen LogP contribution in [0.5, 0.6) is 0 Å². The Morgan fingerprint density at radius 2 is 1.57 bits per heavy atom. The molecule has 2 aliphatic rings. The zero-order valence-electron chi connectivity index (χ0n) is 21.9. The van der Waals surface area contributed by atoms with Crippen molar-refractivity contribution in [3.63, 3.8) is 0 Å². The second-order valence-electron chi connectivity index (χ2n) is 10.4. The number of rotatable bonds is 4. The molecule has 0 aliphatic carbocycles. The highest BCUT2D eigenvalue weighted by molar-refractivity contribution is 5.94. The number of likely N-dealkylation sites (tertiary alicyclic amines) is 1. The van der Waals surface area contributed by atoms with E-state index in [1.165, 1.54) is 6.07 Å². The van der Waals surface area contributed by atoms with Crippen LogP contribution in [0.25, 0.3) is 0 Å². The van der Waals surface area contributed by atoms with Gasteiger partial charge in [0.25, 0.3) is 0 Å². The van der Waals surface area contributed by atoms with E-state index in [2.05, 4.69) is 30.7 Å². The first-order valence-corrected chi connectivity index (χ1v) is 13.2. The fraction of sp³-hybridized carbons (Fsp3) is 0.704. The standard InChI is InChI=1S/C27H42F2N4O2/c1-5-26(34)33-13-7-11-31(20(2)3)10-6-12-32(19-22-17-23(28)24(29)18-25(22)33)27(35)16-21-8-14-30(4)15-9-21/h17-18,20-21H,5-16,19H2,1-4H3. The van der Waals surface area contributed by atoms with Crippen LogP contribution in [0.3, 0.4) is 0 Å². The number of anilines is 1. The Morgan fingerprint density at radius 3 is 2.20 bits per heavy atom.